The van der Waals surface area contributed by atoms with Crippen molar-refractivity contribution < 1.29 is 19.4 Å². The van der Waals surface area contributed by atoms with Gasteiger partial charge in [-0.25, -0.2) is 0 Å². The molecule has 0 aliphatic heterocycles. The van der Waals surface area contributed by atoms with Gasteiger partial charge >= 0.3 is 11.9 Å². The molecule has 1 rings (SSSR count). The van der Waals surface area contributed by atoms with Gasteiger partial charge in [0.2, 0.25) is 0 Å². The molecule has 1 aromatic rings. The van der Waals surface area contributed by atoms with Gasteiger partial charge in [-0.1, -0.05) is 19.1 Å². The van der Waals surface area contributed by atoms with Crippen molar-refractivity contribution in [2.75, 3.05) is 0 Å². The molecule has 0 fully saturated rings. The van der Waals surface area contributed by atoms with Gasteiger partial charge in [-0.2, -0.15) is 0 Å². The number of hydrogen-bond acceptors (Lipinski definition) is 4. The Morgan fingerprint density at radius 3 is 2.41 bits per heavy atom. The molecule has 0 aromatic heterocycles. The second kappa shape index (κ2) is 6.00. The highest BCUT2D eigenvalue weighted by atomic mass is 16.5. The van der Waals surface area contributed by atoms with E-state index in [2.05, 4.69) is 0 Å². The van der Waals surface area contributed by atoms with Gasteiger partial charge < -0.3 is 15.6 Å². The van der Waals surface area contributed by atoms with Crippen LogP contribution >= 0.6 is 0 Å². The lowest BCUT2D eigenvalue weighted by Crippen LogP contribution is -2.32. The molecule has 0 saturated heterocycles. The van der Waals surface area contributed by atoms with E-state index in [1.165, 1.54) is 0 Å². The summed E-state index contributed by atoms with van der Waals surface area (Å²) in [7, 11) is 0. The Balaban J connectivity index is 2.62. The van der Waals surface area contributed by atoms with Crippen LogP contribution in [-0.2, 0) is 16.0 Å². The van der Waals surface area contributed by atoms with E-state index in [0.29, 0.717) is 12.2 Å². The Kier molecular flexibility index (Phi) is 4.66. The number of esters is 1. The Morgan fingerprint density at radius 2 is 1.94 bits per heavy atom. The predicted molar refractivity (Wildman–Crippen MR) is 61.7 cm³/mol. The molecule has 0 aliphatic rings. The lowest BCUT2D eigenvalue weighted by molar-refractivity contribution is -0.138. The molecule has 0 amide bonds. The number of carbonyl (C=O) groups excluding carboxylic acids is 1. The lowest BCUT2D eigenvalue weighted by atomic mass is 10.1. The summed E-state index contributed by atoms with van der Waals surface area (Å²) in [6, 6.07) is 5.72. The number of rotatable bonds is 5. The van der Waals surface area contributed by atoms with Crippen molar-refractivity contribution in [3.05, 3.63) is 29.8 Å². The zero-order chi connectivity index (χ0) is 12.8. The fourth-order valence-corrected chi connectivity index (χ4v) is 1.24. The maximum Gasteiger partial charge on any atom is 0.320 e. The molecular weight excluding hydrogens is 222 g/mol. The molecule has 0 heterocycles. The van der Waals surface area contributed by atoms with E-state index in [1.807, 2.05) is 0 Å². The van der Waals surface area contributed by atoms with E-state index in [4.69, 9.17) is 15.6 Å². The van der Waals surface area contributed by atoms with Crippen molar-refractivity contribution in [2.45, 2.75) is 25.8 Å². The number of nitrogens with two attached hydrogens (primary N) is 1. The molecule has 92 valence electrons. The third kappa shape index (κ3) is 4.24. The number of carbonyl (C=O) groups is 2. The SMILES string of the molecule is CCC(=O)Oc1ccc(C[C@H](N)C(=O)O)cc1. The number of hydrogen-bond donors (Lipinski definition) is 2. The van der Waals surface area contributed by atoms with Gasteiger partial charge in [-0.05, 0) is 24.1 Å². The van der Waals surface area contributed by atoms with Crippen molar-refractivity contribution in [2.24, 2.45) is 5.73 Å². The Morgan fingerprint density at radius 1 is 1.35 bits per heavy atom. The zero-order valence-corrected chi connectivity index (χ0v) is 9.55. The molecule has 1 aromatic carbocycles. The molecular formula is C12H15NO4. The summed E-state index contributed by atoms with van der Waals surface area (Å²) in [5.41, 5.74) is 6.19. The summed E-state index contributed by atoms with van der Waals surface area (Å²) < 4.78 is 4.98. The smallest absolute Gasteiger partial charge is 0.320 e. The van der Waals surface area contributed by atoms with Crippen LogP contribution in [0.25, 0.3) is 0 Å². The highest BCUT2D eigenvalue weighted by molar-refractivity contribution is 5.73. The highest BCUT2D eigenvalue weighted by Gasteiger charge is 2.12. The number of ether oxygens (including phenoxy) is 1. The van der Waals surface area contributed by atoms with Crippen LogP contribution in [0.1, 0.15) is 18.9 Å². The van der Waals surface area contributed by atoms with Crippen molar-refractivity contribution in [3.8, 4) is 5.75 Å². The molecule has 1 atom stereocenters. The first-order valence-electron chi connectivity index (χ1n) is 5.31. The zero-order valence-electron chi connectivity index (χ0n) is 9.55. The Hall–Kier alpha value is -1.88. The monoisotopic (exact) mass is 237 g/mol. The van der Waals surface area contributed by atoms with Crippen LogP contribution in [0.4, 0.5) is 0 Å². The molecule has 0 radical (unpaired) electrons. The van der Waals surface area contributed by atoms with E-state index in [9.17, 15) is 9.59 Å². The highest BCUT2D eigenvalue weighted by Crippen LogP contribution is 2.13. The fourth-order valence-electron chi connectivity index (χ4n) is 1.24. The minimum absolute atomic E-state index is 0.247. The van der Waals surface area contributed by atoms with Gasteiger partial charge in [-0.3, -0.25) is 9.59 Å². The van der Waals surface area contributed by atoms with Crippen molar-refractivity contribution in [3.63, 3.8) is 0 Å². The molecule has 5 nitrogen and oxygen atoms in total. The van der Waals surface area contributed by atoms with Gasteiger partial charge in [-0.15, -0.1) is 0 Å². The summed E-state index contributed by atoms with van der Waals surface area (Å²) in [6.45, 7) is 1.71. The largest absolute Gasteiger partial charge is 0.480 e. The first-order chi connectivity index (χ1) is 8.02. The summed E-state index contributed by atoms with van der Waals surface area (Å²) in [4.78, 5) is 21.6. The average molecular weight is 237 g/mol. The van der Waals surface area contributed by atoms with Crippen LogP contribution in [-0.4, -0.2) is 23.1 Å². The van der Waals surface area contributed by atoms with Crippen molar-refractivity contribution in [1.29, 1.82) is 0 Å². The third-order valence-electron chi connectivity index (χ3n) is 2.22. The van der Waals surface area contributed by atoms with Crippen molar-refractivity contribution in [1.82, 2.24) is 0 Å². The number of benzene rings is 1. The van der Waals surface area contributed by atoms with Crippen LogP contribution in [0, 0.1) is 0 Å². The van der Waals surface area contributed by atoms with Crippen LogP contribution in [0.2, 0.25) is 0 Å². The second-order valence-electron chi connectivity index (χ2n) is 3.62. The second-order valence-corrected chi connectivity index (χ2v) is 3.62. The molecule has 0 unspecified atom stereocenters. The normalized spacial score (nSPS) is 11.9. The van der Waals surface area contributed by atoms with Crippen LogP contribution in [0.3, 0.4) is 0 Å². The van der Waals surface area contributed by atoms with Gasteiger partial charge in [0.05, 0.1) is 0 Å². The molecule has 3 N–H and O–H groups in total. The standard InChI is InChI=1S/C12H15NO4/c1-2-11(14)17-9-5-3-8(4-6-9)7-10(13)12(15)16/h3-6,10H,2,7,13H2,1H3,(H,15,16)/t10-/m0/s1. The minimum atomic E-state index is -1.04. The molecule has 0 aliphatic carbocycles. The van der Waals surface area contributed by atoms with E-state index in [1.54, 1.807) is 31.2 Å². The minimum Gasteiger partial charge on any atom is -0.480 e. The number of carboxylic acid groups (broad SMARTS) is 1. The van der Waals surface area contributed by atoms with E-state index in [-0.39, 0.29) is 12.4 Å². The number of aliphatic carboxylic acids is 1. The molecule has 0 saturated carbocycles. The van der Waals surface area contributed by atoms with E-state index < -0.39 is 12.0 Å². The van der Waals surface area contributed by atoms with Gasteiger partial charge in [0.1, 0.15) is 11.8 Å². The molecule has 0 bridgehead atoms. The summed E-state index contributed by atoms with van der Waals surface area (Å²) in [5, 5.41) is 8.65. The van der Waals surface area contributed by atoms with E-state index >= 15 is 0 Å². The van der Waals surface area contributed by atoms with Gasteiger partial charge in [0.25, 0.3) is 0 Å². The lowest BCUT2D eigenvalue weighted by Gasteiger charge is -2.07. The van der Waals surface area contributed by atoms with Crippen LogP contribution < -0.4 is 10.5 Å². The summed E-state index contributed by atoms with van der Waals surface area (Å²) in [6.07, 6.45) is 0.559. The fraction of sp³-hybridized carbons (Fsp3) is 0.333. The quantitative estimate of drug-likeness (QED) is 0.588. The van der Waals surface area contributed by atoms with Gasteiger partial charge in [0.15, 0.2) is 0 Å². The molecule has 0 spiro atoms. The maximum absolute atomic E-state index is 11.0. The average Bonchev–Trinajstić information content (AvgIpc) is 2.31. The topological polar surface area (TPSA) is 89.6 Å². The Bertz CT molecular complexity index is 399. The summed E-state index contributed by atoms with van der Waals surface area (Å²) >= 11 is 0. The van der Waals surface area contributed by atoms with Gasteiger partial charge in [0, 0.05) is 6.42 Å². The predicted octanol–water partition coefficient (Wildman–Crippen LogP) is 0.956. The Labute approximate surface area is 99.2 Å². The maximum atomic E-state index is 11.0. The third-order valence-corrected chi connectivity index (χ3v) is 2.22. The van der Waals surface area contributed by atoms with E-state index in [0.717, 1.165) is 5.56 Å². The van der Waals surface area contributed by atoms with Crippen molar-refractivity contribution >= 4 is 11.9 Å². The van der Waals surface area contributed by atoms with Crippen LogP contribution in [0.5, 0.6) is 5.75 Å². The number of carboxylic acids is 1. The van der Waals surface area contributed by atoms with Crippen LogP contribution in [0.15, 0.2) is 24.3 Å². The molecule has 17 heavy (non-hydrogen) atoms. The first kappa shape index (κ1) is 13.2. The first-order valence-corrected chi connectivity index (χ1v) is 5.31. The summed E-state index contributed by atoms with van der Waals surface area (Å²) in [5.74, 6) is -0.893. The molecule has 5 heteroatoms.